The monoisotopic (exact) mass is 415 g/mol. The first-order valence-corrected chi connectivity index (χ1v) is 10.1. The minimum Gasteiger partial charge on any atom is -0.497 e. The van der Waals surface area contributed by atoms with Crippen molar-refractivity contribution in [2.24, 2.45) is 5.92 Å². The lowest BCUT2D eigenvalue weighted by molar-refractivity contribution is 0.0594. The van der Waals surface area contributed by atoms with E-state index in [0.717, 1.165) is 0 Å². The van der Waals surface area contributed by atoms with Crippen LogP contribution in [0.2, 0.25) is 0 Å². The van der Waals surface area contributed by atoms with Crippen LogP contribution in [0.4, 0.5) is 0 Å². The molecule has 31 heavy (non-hydrogen) atoms. The van der Waals surface area contributed by atoms with Crippen LogP contribution in [0.15, 0.2) is 71.3 Å². The Bertz CT molecular complexity index is 1140. The number of fused-ring (bicyclic) bond motifs is 1. The van der Waals surface area contributed by atoms with Crippen LogP contribution in [0.3, 0.4) is 0 Å². The predicted octanol–water partition coefficient (Wildman–Crippen LogP) is 3.63. The molecule has 0 N–H and O–H groups in total. The van der Waals surface area contributed by atoms with Crippen molar-refractivity contribution in [1.29, 1.82) is 0 Å². The standard InChI is InChI=1S/C25H21NO5/c1-26-14-19(22(27)15-9-11-16(30-2)12-10-15)21(20-8-5-13-31-20)25(26)23(28)17-6-3-4-7-18(17)24(25)29/h3-13,19,21H,14H2,1-2H3/t19-,21-/m0/s1. The maximum absolute atomic E-state index is 13.7. The lowest BCUT2D eigenvalue weighted by Gasteiger charge is -2.33. The fraction of sp³-hybridized carbons (Fsp3) is 0.240. The number of furan rings is 1. The molecular weight excluding hydrogens is 394 g/mol. The van der Waals surface area contributed by atoms with Gasteiger partial charge in [-0.3, -0.25) is 19.3 Å². The van der Waals surface area contributed by atoms with Gasteiger partial charge in [-0.15, -0.1) is 0 Å². The van der Waals surface area contributed by atoms with Gasteiger partial charge < -0.3 is 9.15 Å². The van der Waals surface area contributed by atoms with Gasteiger partial charge in [0.1, 0.15) is 11.5 Å². The van der Waals surface area contributed by atoms with E-state index in [1.807, 2.05) is 0 Å². The second kappa shape index (κ2) is 7.03. The van der Waals surface area contributed by atoms with Crippen LogP contribution in [0.5, 0.6) is 5.75 Å². The molecular formula is C25H21NO5. The van der Waals surface area contributed by atoms with Crippen LogP contribution in [0.1, 0.15) is 42.8 Å². The second-order valence-corrected chi connectivity index (χ2v) is 8.04. The maximum Gasteiger partial charge on any atom is 0.192 e. The molecule has 3 aromatic rings. The first-order chi connectivity index (χ1) is 15.0. The van der Waals surface area contributed by atoms with E-state index in [1.54, 1.807) is 79.7 Å². The SMILES string of the molecule is COc1ccc(C(=O)[C@H]2CN(C)C3(C(=O)c4ccccc4C3=O)[C@@H]2c2ccco2)cc1. The van der Waals surface area contributed by atoms with Crippen LogP contribution >= 0.6 is 0 Å². The van der Waals surface area contributed by atoms with Crippen LogP contribution in [-0.4, -0.2) is 48.5 Å². The number of carbonyl (C=O) groups is 3. The number of likely N-dealkylation sites (tertiary alicyclic amines) is 1. The molecule has 1 aromatic heterocycles. The minimum atomic E-state index is -1.49. The summed E-state index contributed by atoms with van der Waals surface area (Å²) in [4.78, 5) is 42.7. The summed E-state index contributed by atoms with van der Waals surface area (Å²) in [6.45, 7) is 0.266. The van der Waals surface area contributed by atoms with Crippen molar-refractivity contribution >= 4 is 17.3 Å². The summed E-state index contributed by atoms with van der Waals surface area (Å²) in [5, 5.41) is 0. The topological polar surface area (TPSA) is 76.8 Å². The molecule has 1 aliphatic heterocycles. The Hall–Kier alpha value is -3.51. The van der Waals surface area contributed by atoms with Crippen molar-refractivity contribution in [2.75, 3.05) is 20.7 Å². The Kier molecular flexibility index (Phi) is 4.41. The number of nitrogens with zero attached hydrogens (tertiary/aromatic N) is 1. The molecule has 0 bridgehead atoms. The van der Waals surface area contributed by atoms with Crippen LogP contribution in [0, 0.1) is 5.92 Å². The fourth-order valence-electron chi connectivity index (χ4n) is 5.17. The van der Waals surface area contributed by atoms with Gasteiger partial charge in [0.15, 0.2) is 22.9 Å². The largest absolute Gasteiger partial charge is 0.497 e. The number of benzene rings is 2. The third kappa shape index (κ3) is 2.58. The van der Waals surface area contributed by atoms with E-state index < -0.39 is 17.4 Å². The molecule has 6 heteroatoms. The number of rotatable bonds is 4. The third-order valence-corrected chi connectivity index (χ3v) is 6.59. The Labute approximate surface area is 179 Å². The number of ether oxygens (including phenoxy) is 1. The lowest BCUT2D eigenvalue weighted by Crippen LogP contribution is -2.54. The normalized spacial score (nSPS) is 22.1. The zero-order chi connectivity index (χ0) is 21.8. The Morgan fingerprint density at radius 1 is 1.00 bits per heavy atom. The van der Waals surface area contributed by atoms with Gasteiger partial charge >= 0.3 is 0 Å². The molecule has 6 nitrogen and oxygen atoms in total. The molecule has 2 heterocycles. The highest BCUT2D eigenvalue weighted by Crippen LogP contribution is 2.52. The maximum atomic E-state index is 13.7. The summed E-state index contributed by atoms with van der Waals surface area (Å²) in [6.07, 6.45) is 1.51. The van der Waals surface area contributed by atoms with E-state index in [9.17, 15) is 14.4 Å². The van der Waals surface area contributed by atoms with Crippen molar-refractivity contribution in [2.45, 2.75) is 11.5 Å². The number of hydrogen-bond donors (Lipinski definition) is 0. The van der Waals surface area contributed by atoms with Crippen molar-refractivity contribution in [3.63, 3.8) is 0 Å². The van der Waals surface area contributed by atoms with E-state index in [-0.39, 0.29) is 23.9 Å². The van der Waals surface area contributed by atoms with Crippen LogP contribution in [-0.2, 0) is 0 Å². The molecule has 0 amide bonds. The smallest absolute Gasteiger partial charge is 0.192 e. The summed E-state index contributed by atoms with van der Waals surface area (Å²) in [5.74, 6) is -0.920. The average Bonchev–Trinajstić information content (AvgIpc) is 3.48. The predicted molar refractivity (Wildman–Crippen MR) is 113 cm³/mol. The first-order valence-electron chi connectivity index (χ1n) is 10.1. The van der Waals surface area contributed by atoms with E-state index in [2.05, 4.69) is 0 Å². The van der Waals surface area contributed by atoms with Crippen molar-refractivity contribution in [3.8, 4) is 5.75 Å². The van der Waals surface area contributed by atoms with Crippen molar-refractivity contribution in [1.82, 2.24) is 4.90 Å². The van der Waals surface area contributed by atoms with Crippen LogP contribution < -0.4 is 4.74 Å². The third-order valence-electron chi connectivity index (χ3n) is 6.59. The summed E-state index contributed by atoms with van der Waals surface area (Å²) >= 11 is 0. The molecule has 0 unspecified atom stereocenters. The number of ketones is 3. The molecule has 1 aliphatic carbocycles. The van der Waals surface area contributed by atoms with Gasteiger partial charge in [-0.2, -0.15) is 0 Å². The summed E-state index contributed by atoms with van der Waals surface area (Å²) in [7, 11) is 3.30. The van der Waals surface area contributed by atoms with E-state index >= 15 is 0 Å². The molecule has 5 rings (SSSR count). The lowest BCUT2D eigenvalue weighted by atomic mass is 9.73. The first kappa shape index (κ1) is 19.5. The second-order valence-electron chi connectivity index (χ2n) is 8.04. The average molecular weight is 415 g/mol. The molecule has 1 saturated heterocycles. The Morgan fingerprint density at radius 3 is 2.19 bits per heavy atom. The van der Waals surface area contributed by atoms with Crippen LogP contribution in [0.25, 0.3) is 0 Å². The van der Waals surface area contributed by atoms with Gasteiger partial charge in [0.25, 0.3) is 0 Å². The van der Waals surface area contributed by atoms with Crippen molar-refractivity contribution < 1.29 is 23.5 Å². The molecule has 1 fully saturated rings. The van der Waals surface area contributed by atoms with Crippen molar-refractivity contribution in [3.05, 3.63) is 89.4 Å². The molecule has 156 valence electrons. The highest BCUT2D eigenvalue weighted by Gasteiger charge is 2.67. The summed E-state index contributed by atoms with van der Waals surface area (Å²) in [5.41, 5.74) is -0.195. The summed E-state index contributed by atoms with van der Waals surface area (Å²) in [6, 6.07) is 17.2. The van der Waals surface area contributed by atoms with Gasteiger partial charge in [-0.05, 0) is 43.4 Å². The van der Waals surface area contributed by atoms with Gasteiger partial charge in [0.05, 0.1) is 19.3 Å². The molecule has 0 radical (unpaired) electrons. The molecule has 1 spiro atoms. The van der Waals surface area contributed by atoms with Gasteiger partial charge in [0, 0.05) is 29.2 Å². The van der Waals surface area contributed by atoms with E-state index in [0.29, 0.717) is 28.2 Å². The zero-order valence-electron chi connectivity index (χ0n) is 17.2. The summed E-state index contributed by atoms with van der Waals surface area (Å²) < 4.78 is 10.9. The fourth-order valence-corrected chi connectivity index (χ4v) is 5.17. The highest BCUT2D eigenvalue weighted by atomic mass is 16.5. The number of likely N-dealkylation sites (N-methyl/N-ethyl adjacent to an activating group) is 1. The highest BCUT2D eigenvalue weighted by molar-refractivity contribution is 6.34. The molecule has 2 aromatic carbocycles. The molecule has 2 atom stereocenters. The quantitative estimate of drug-likeness (QED) is 0.478. The van der Waals surface area contributed by atoms with Gasteiger partial charge in [0.2, 0.25) is 0 Å². The van der Waals surface area contributed by atoms with E-state index in [4.69, 9.17) is 9.15 Å². The van der Waals surface area contributed by atoms with Gasteiger partial charge in [-0.1, -0.05) is 24.3 Å². The minimum absolute atomic E-state index is 0.135. The number of hydrogen-bond acceptors (Lipinski definition) is 6. The molecule has 0 saturated carbocycles. The number of carbonyl (C=O) groups excluding carboxylic acids is 3. The van der Waals surface area contributed by atoms with Gasteiger partial charge in [-0.25, -0.2) is 0 Å². The Morgan fingerprint density at radius 2 is 1.65 bits per heavy atom. The van der Waals surface area contributed by atoms with E-state index in [1.165, 1.54) is 6.26 Å². The molecule has 2 aliphatic rings. The number of Topliss-reactive ketones (excluding diaryl/α,β-unsaturated/α-hetero) is 3. The number of methoxy groups -OCH3 is 1. The Balaban J connectivity index is 1.65. The zero-order valence-corrected chi connectivity index (χ0v) is 17.2.